The number of anilines is 1. The first-order valence-corrected chi connectivity index (χ1v) is 6.09. The van der Waals surface area contributed by atoms with Crippen LogP contribution in [-0.4, -0.2) is 25.1 Å². The van der Waals surface area contributed by atoms with Crippen molar-refractivity contribution in [1.82, 2.24) is 0 Å². The minimum atomic E-state index is -4.43. The summed E-state index contributed by atoms with van der Waals surface area (Å²) in [6.07, 6.45) is -5.01. The molecule has 0 amide bonds. The van der Waals surface area contributed by atoms with Gasteiger partial charge in [-0.2, -0.15) is 13.2 Å². The third kappa shape index (κ3) is 3.16. The van der Waals surface area contributed by atoms with Gasteiger partial charge in [0.15, 0.2) is 11.9 Å². The van der Waals surface area contributed by atoms with Gasteiger partial charge >= 0.3 is 6.18 Å². The number of hydrogen-bond donors (Lipinski definition) is 1. The number of ether oxygens (including phenoxy) is 3. The molecule has 112 valence electrons. The summed E-state index contributed by atoms with van der Waals surface area (Å²) < 4.78 is 54.0. The minimum absolute atomic E-state index is 0.0779. The number of rotatable bonds is 3. The summed E-state index contributed by atoms with van der Waals surface area (Å²) >= 11 is 0. The van der Waals surface area contributed by atoms with E-state index in [2.05, 4.69) is 0 Å². The molecule has 4 nitrogen and oxygen atoms in total. The largest absolute Gasteiger partial charge is 0.480 e. The van der Waals surface area contributed by atoms with Gasteiger partial charge in [-0.15, -0.1) is 0 Å². The topological polar surface area (TPSA) is 53.7 Å². The molecule has 1 aromatic rings. The maximum absolute atomic E-state index is 12.5. The van der Waals surface area contributed by atoms with Crippen LogP contribution in [0.25, 0.3) is 0 Å². The highest BCUT2D eigenvalue weighted by Gasteiger charge is 2.37. The van der Waals surface area contributed by atoms with Crippen molar-refractivity contribution >= 4 is 5.69 Å². The molecular formula is C13H16F3NO3. The Bertz CT molecular complexity index is 482. The van der Waals surface area contributed by atoms with Gasteiger partial charge in [0.1, 0.15) is 5.75 Å². The molecule has 2 N–H and O–H groups in total. The molecule has 0 radical (unpaired) electrons. The fourth-order valence-electron chi connectivity index (χ4n) is 1.91. The van der Waals surface area contributed by atoms with E-state index in [-0.39, 0.29) is 11.4 Å². The van der Waals surface area contributed by atoms with Crippen molar-refractivity contribution in [2.45, 2.75) is 31.9 Å². The summed E-state index contributed by atoms with van der Waals surface area (Å²) in [6, 6.07) is 2.98. The van der Waals surface area contributed by atoms with Crippen LogP contribution in [0.5, 0.6) is 5.75 Å². The molecule has 2 rings (SSSR count). The van der Waals surface area contributed by atoms with Crippen LogP contribution in [0, 0.1) is 0 Å². The first kappa shape index (κ1) is 14.9. The first-order valence-electron chi connectivity index (χ1n) is 6.09. The van der Waals surface area contributed by atoms with E-state index in [4.69, 9.17) is 19.9 Å². The van der Waals surface area contributed by atoms with Crippen molar-refractivity contribution in [3.05, 3.63) is 23.8 Å². The Hall–Kier alpha value is -1.47. The second-order valence-electron chi connectivity index (χ2n) is 5.03. The van der Waals surface area contributed by atoms with Crippen LogP contribution in [0.2, 0.25) is 0 Å². The number of nitrogen functional groups attached to an aromatic ring is 1. The molecule has 0 saturated carbocycles. The van der Waals surface area contributed by atoms with E-state index in [1.807, 2.05) is 0 Å². The van der Waals surface area contributed by atoms with E-state index in [1.54, 1.807) is 13.8 Å². The maximum Gasteiger partial charge on any atom is 0.416 e. The number of alkyl halides is 3. The zero-order valence-corrected chi connectivity index (χ0v) is 11.2. The minimum Gasteiger partial charge on any atom is -0.480 e. The Morgan fingerprint density at radius 3 is 2.30 bits per heavy atom. The molecular weight excluding hydrogens is 275 g/mol. The lowest BCUT2D eigenvalue weighted by Gasteiger charge is -2.31. The molecule has 0 aromatic heterocycles. The summed E-state index contributed by atoms with van der Waals surface area (Å²) in [5.41, 5.74) is 3.87. The zero-order valence-electron chi connectivity index (χ0n) is 11.2. The van der Waals surface area contributed by atoms with Gasteiger partial charge < -0.3 is 19.9 Å². The highest BCUT2D eigenvalue weighted by molar-refractivity contribution is 5.55. The monoisotopic (exact) mass is 291 g/mol. The van der Waals surface area contributed by atoms with Gasteiger partial charge in [-0.25, -0.2) is 0 Å². The fraction of sp³-hybridized carbons (Fsp3) is 0.538. The third-order valence-corrected chi connectivity index (χ3v) is 2.90. The third-order valence-electron chi connectivity index (χ3n) is 2.90. The lowest BCUT2D eigenvalue weighted by molar-refractivity contribution is -0.151. The SMILES string of the molecule is CC(C)(Oc1ccc(C(F)(F)F)cc1N)C1OCCO1. The molecule has 1 aliphatic heterocycles. The molecule has 0 aliphatic carbocycles. The van der Waals surface area contributed by atoms with E-state index in [9.17, 15) is 13.2 Å². The predicted octanol–water partition coefficient (Wildman–Crippen LogP) is 2.82. The van der Waals surface area contributed by atoms with Crippen LogP contribution >= 0.6 is 0 Å². The lowest BCUT2D eigenvalue weighted by atomic mass is 10.1. The van der Waals surface area contributed by atoms with Crippen molar-refractivity contribution < 1.29 is 27.4 Å². The fourth-order valence-corrected chi connectivity index (χ4v) is 1.91. The Balaban J connectivity index is 2.17. The van der Waals surface area contributed by atoms with E-state index in [0.29, 0.717) is 13.2 Å². The molecule has 0 spiro atoms. The zero-order chi connectivity index (χ0) is 15.0. The number of nitrogens with two attached hydrogens (primary N) is 1. The van der Waals surface area contributed by atoms with Crippen LogP contribution in [0.15, 0.2) is 18.2 Å². The van der Waals surface area contributed by atoms with Gasteiger partial charge in [-0.05, 0) is 32.0 Å². The van der Waals surface area contributed by atoms with Crippen LogP contribution in [0.4, 0.5) is 18.9 Å². The van der Waals surface area contributed by atoms with E-state index >= 15 is 0 Å². The van der Waals surface area contributed by atoms with Gasteiger partial charge in [0.25, 0.3) is 0 Å². The van der Waals surface area contributed by atoms with Crippen LogP contribution in [0.3, 0.4) is 0 Å². The van der Waals surface area contributed by atoms with Gasteiger partial charge in [-0.3, -0.25) is 0 Å². The van der Waals surface area contributed by atoms with E-state index in [0.717, 1.165) is 12.1 Å². The van der Waals surface area contributed by atoms with Gasteiger partial charge in [-0.1, -0.05) is 0 Å². The highest BCUT2D eigenvalue weighted by atomic mass is 19.4. The molecule has 1 aromatic carbocycles. The number of hydrogen-bond acceptors (Lipinski definition) is 4. The normalized spacial score (nSPS) is 17.4. The second-order valence-corrected chi connectivity index (χ2v) is 5.03. The van der Waals surface area contributed by atoms with E-state index < -0.39 is 23.6 Å². The van der Waals surface area contributed by atoms with E-state index in [1.165, 1.54) is 6.07 Å². The van der Waals surface area contributed by atoms with Crippen molar-refractivity contribution in [3.63, 3.8) is 0 Å². The predicted molar refractivity (Wildman–Crippen MR) is 66.3 cm³/mol. The van der Waals surface area contributed by atoms with Crippen LogP contribution in [0.1, 0.15) is 19.4 Å². The molecule has 0 bridgehead atoms. The van der Waals surface area contributed by atoms with Crippen molar-refractivity contribution in [1.29, 1.82) is 0 Å². The Kier molecular flexibility index (Phi) is 3.84. The molecule has 1 saturated heterocycles. The highest BCUT2D eigenvalue weighted by Crippen LogP contribution is 2.35. The Morgan fingerprint density at radius 2 is 1.80 bits per heavy atom. The standard InChI is InChI=1S/C13H16F3NO3/c1-12(2,11-18-5-6-19-11)20-10-4-3-8(7-9(10)17)13(14,15)16/h3-4,7,11H,5-6,17H2,1-2H3. The number of halogens is 3. The average molecular weight is 291 g/mol. The quantitative estimate of drug-likeness (QED) is 0.870. The average Bonchev–Trinajstić information content (AvgIpc) is 2.84. The first-order chi connectivity index (χ1) is 9.20. The van der Waals surface area contributed by atoms with Crippen molar-refractivity contribution in [2.24, 2.45) is 0 Å². The van der Waals surface area contributed by atoms with Crippen molar-refractivity contribution in [3.8, 4) is 5.75 Å². The van der Waals surface area contributed by atoms with Gasteiger partial charge in [0, 0.05) is 0 Å². The summed E-state index contributed by atoms with van der Waals surface area (Å²) in [5, 5.41) is 0. The molecule has 7 heteroatoms. The second kappa shape index (κ2) is 5.14. The Labute approximate surface area is 114 Å². The molecule has 1 aliphatic rings. The maximum atomic E-state index is 12.5. The molecule has 1 fully saturated rings. The number of benzene rings is 1. The summed E-state index contributed by atoms with van der Waals surface area (Å²) in [5.74, 6) is 0.169. The Morgan fingerprint density at radius 1 is 1.20 bits per heavy atom. The van der Waals surface area contributed by atoms with Gasteiger partial charge in [0.05, 0.1) is 24.5 Å². The molecule has 0 atom stereocenters. The van der Waals surface area contributed by atoms with Crippen molar-refractivity contribution in [2.75, 3.05) is 18.9 Å². The molecule has 0 unspecified atom stereocenters. The summed E-state index contributed by atoms with van der Waals surface area (Å²) in [6.45, 7) is 4.36. The smallest absolute Gasteiger partial charge is 0.416 e. The van der Waals surface area contributed by atoms with Gasteiger partial charge in [0.2, 0.25) is 0 Å². The summed E-state index contributed by atoms with van der Waals surface area (Å²) in [4.78, 5) is 0. The van der Waals surface area contributed by atoms with Crippen LogP contribution in [-0.2, 0) is 15.7 Å². The lowest BCUT2D eigenvalue weighted by Crippen LogP contribution is -2.42. The summed E-state index contributed by atoms with van der Waals surface area (Å²) in [7, 11) is 0. The molecule has 1 heterocycles. The van der Waals surface area contributed by atoms with Crippen LogP contribution < -0.4 is 10.5 Å². The molecule has 20 heavy (non-hydrogen) atoms.